The molecule has 0 radical (unpaired) electrons. The highest BCUT2D eigenvalue weighted by Crippen LogP contribution is 2.13. The van der Waals surface area contributed by atoms with Gasteiger partial charge in [0.25, 0.3) is 5.91 Å². The second-order valence-corrected chi connectivity index (χ2v) is 5.26. The molecule has 2 rings (SSSR count). The number of hydrogen-bond acceptors (Lipinski definition) is 4. The molecule has 1 aromatic rings. The van der Waals surface area contributed by atoms with E-state index in [1.54, 1.807) is 23.9 Å². The van der Waals surface area contributed by atoms with Gasteiger partial charge in [-0.3, -0.25) is 14.5 Å². The van der Waals surface area contributed by atoms with E-state index in [0.717, 1.165) is 25.9 Å². The van der Waals surface area contributed by atoms with Gasteiger partial charge in [-0.1, -0.05) is 0 Å². The van der Waals surface area contributed by atoms with Crippen LogP contribution in [0.3, 0.4) is 0 Å². The molecule has 0 aliphatic carbocycles. The molecule has 110 valence electrons. The number of piperidine rings is 1. The SMILES string of the molecule is Cn1cc(N)cc1C(=O)NC1CCN(CC(N)=O)CC1. The molecule has 7 nitrogen and oxygen atoms in total. The molecule has 1 saturated heterocycles. The Morgan fingerprint density at radius 1 is 1.40 bits per heavy atom. The van der Waals surface area contributed by atoms with Gasteiger partial charge in [-0.05, 0) is 18.9 Å². The third kappa shape index (κ3) is 3.51. The van der Waals surface area contributed by atoms with Crippen LogP contribution in [0.4, 0.5) is 5.69 Å². The van der Waals surface area contributed by atoms with E-state index in [0.29, 0.717) is 11.4 Å². The number of carbonyl (C=O) groups is 2. The fraction of sp³-hybridized carbons (Fsp3) is 0.538. The number of nitrogen functional groups attached to an aromatic ring is 1. The molecule has 1 fully saturated rings. The van der Waals surface area contributed by atoms with Gasteiger partial charge in [0.1, 0.15) is 5.69 Å². The summed E-state index contributed by atoms with van der Waals surface area (Å²) in [6.45, 7) is 1.82. The normalized spacial score (nSPS) is 17.1. The molecule has 2 amide bonds. The Bertz CT molecular complexity index is 503. The van der Waals surface area contributed by atoms with Crippen LogP contribution in [0.2, 0.25) is 0 Å². The second-order valence-electron chi connectivity index (χ2n) is 5.26. The van der Waals surface area contributed by atoms with Gasteiger partial charge >= 0.3 is 0 Å². The highest BCUT2D eigenvalue weighted by Gasteiger charge is 2.22. The van der Waals surface area contributed by atoms with Crippen molar-refractivity contribution in [3.8, 4) is 0 Å². The number of nitrogens with one attached hydrogen (secondary N) is 1. The van der Waals surface area contributed by atoms with Crippen LogP contribution in [0.5, 0.6) is 0 Å². The first-order valence-corrected chi connectivity index (χ1v) is 6.69. The van der Waals surface area contributed by atoms with E-state index < -0.39 is 0 Å². The largest absolute Gasteiger partial charge is 0.397 e. The van der Waals surface area contributed by atoms with E-state index in [-0.39, 0.29) is 24.4 Å². The number of rotatable bonds is 4. The van der Waals surface area contributed by atoms with Gasteiger partial charge in [0.15, 0.2) is 0 Å². The second kappa shape index (κ2) is 5.96. The summed E-state index contributed by atoms with van der Waals surface area (Å²) in [5.74, 6) is -0.427. The van der Waals surface area contributed by atoms with Crippen molar-refractivity contribution >= 4 is 17.5 Å². The molecule has 0 atom stereocenters. The molecule has 0 unspecified atom stereocenters. The van der Waals surface area contributed by atoms with Crippen molar-refractivity contribution < 1.29 is 9.59 Å². The maximum atomic E-state index is 12.1. The fourth-order valence-electron chi connectivity index (χ4n) is 2.53. The standard InChI is InChI=1S/C13H21N5O2/c1-17-7-9(14)6-11(17)13(20)16-10-2-4-18(5-3-10)8-12(15)19/h6-7,10H,2-5,8,14H2,1H3,(H2,15,19)(H,16,20). The lowest BCUT2D eigenvalue weighted by atomic mass is 10.0. The van der Waals surface area contributed by atoms with Gasteiger partial charge in [0, 0.05) is 32.4 Å². The summed E-state index contributed by atoms with van der Waals surface area (Å²) >= 11 is 0. The van der Waals surface area contributed by atoms with Crippen molar-refractivity contribution in [3.05, 3.63) is 18.0 Å². The summed E-state index contributed by atoms with van der Waals surface area (Å²) in [4.78, 5) is 25.0. The summed E-state index contributed by atoms with van der Waals surface area (Å²) in [5, 5.41) is 3.01. The number of carbonyl (C=O) groups excluding carboxylic acids is 2. The molecule has 20 heavy (non-hydrogen) atoms. The minimum Gasteiger partial charge on any atom is -0.397 e. The minimum atomic E-state index is -0.313. The van der Waals surface area contributed by atoms with E-state index >= 15 is 0 Å². The fourth-order valence-corrected chi connectivity index (χ4v) is 2.53. The summed E-state index contributed by atoms with van der Waals surface area (Å²) in [5.41, 5.74) is 12.0. The van der Waals surface area contributed by atoms with Crippen LogP contribution in [-0.2, 0) is 11.8 Å². The monoisotopic (exact) mass is 279 g/mol. The maximum Gasteiger partial charge on any atom is 0.268 e. The molecule has 0 spiro atoms. The minimum absolute atomic E-state index is 0.113. The molecule has 1 aromatic heterocycles. The molecule has 1 aliphatic heterocycles. The molecule has 2 heterocycles. The zero-order valence-corrected chi connectivity index (χ0v) is 11.6. The van der Waals surface area contributed by atoms with Crippen LogP contribution >= 0.6 is 0 Å². The van der Waals surface area contributed by atoms with Crippen LogP contribution in [0.1, 0.15) is 23.3 Å². The Kier molecular flexibility index (Phi) is 4.29. The van der Waals surface area contributed by atoms with E-state index in [4.69, 9.17) is 11.5 Å². The predicted molar refractivity (Wildman–Crippen MR) is 75.9 cm³/mol. The van der Waals surface area contributed by atoms with Crippen LogP contribution < -0.4 is 16.8 Å². The molecule has 5 N–H and O–H groups in total. The molecule has 0 aromatic carbocycles. The van der Waals surface area contributed by atoms with Gasteiger partial charge in [0.2, 0.25) is 5.91 Å². The third-order valence-electron chi connectivity index (χ3n) is 3.56. The van der Waals surface area contributed by atoms with Crippen LogP contribution in [0.25, 0.3) is 0 Å². The summed E-state index contributed by atoms with van der Waals surface area (Å²) in [7, 11) is 1.79. The Morgan fingerprint density at radius 2 is 2.05 bits per heavy atom. The number of anilines is 1. The predicted octanol–water partition coefficient (Wildman–Crippen LogP) is -0.713. The van der Waals surface area contributed by atoms with Crippen molar-refractivity contribution in [2.75, 3.05) is 25.4 Å². The molecular formula is C13H21N5O2. The van der Waals surface area contributed by atoms with E-state index in [1.165, 1.54) is 0 Å². The van der Waals surface area contributed by atoms with Crippen molar-refractivity contribution in [1.82, 2.24) is 14.8 Å². The molecular weight excluding hydrogens is 258 g/mol. The summed E-state index contributed by atoms with van der Waals surface area (Å²) in [6, 6.07) is 1.79. The molecule has 1 aliphatic rings. The van der Waals surface area contributed by atoms with Gasteiger partial charge in [-0.2, -0.15) is 0 Å². The van der Waals surface area contributed by atoms with Crippen molar-refractivity contribution in [1.29, 1.82) is 0 Å². The first-order valence-electron chi connectivity index (χ1n) is 6.69. The average Bonchev–Trinajstić information content (AvgIpc) is 2.70. The van der Waals surface area contributed by atoms with Crippen LogP contribution in [0.15, 0.2) is 12.3 Å². The smallest absolute Gasteiger partial charge is 0.268 e. The van der Waals surface area contributed by atoms with E-state index in [1.807, 2.05) is 4.90 Å². The highest BCUT2D eigenvalue weighted by molar-refractivity contribution is 5.94. The number of aromatic nitrogens is 1. The maximum absolute atomic E-state index is 12.1. The number of nitrogens with zero attached hydrogens (tertiary/aromatic N) is 2. The summed E-state index contributed by atoms with van der Waals surface area (Å²) < 4.78 is 1.72. The Balaban J connectivity index is 1.85. The van der Waals surface area contributed by atoms with E-state index in [9.17, 15) is 9.59 Å². The van der Waals surface area contributed by atoms with E-state index in [2.05, 4.69) is 5.32 Å². The Morgan fingerprint density at radius 3 is 2.55 bits per heavy atom. The van der Waals surface area contributed by atoms with Crippen molar-refractivity contribution in [2.24, 2.45) is 12.8 Å². The van der Waals surface area contributed by atoms with Crippen LogP contribution in [0, 0.1) is 0 Å². The first-order chi connectivity index (χ1) is 9.45. The quantitative estimate of drug-likeness (QED) is 0.676. The Labute approximate surface area is 117 Å². The molecule has 0 bridgehead atoms. The summed E-state index contributed by atoms with van der Waals surface area (Å²) in [6.07, 6.45) is 3.35. The number of likely N-dealkylation sites (tertiary alicyclic amines) is 1. The topological polar surface area (TPSA) is 106 Å². The lowest BCUT2D eigenvalue weighted by Gasteiger charge is -2.31. The zero-order valence-electron chi connectivity index (χ0n) is 11.6. The number of aryl methyl sites for hydroxylation is 1. The van der Waals surface area contributed by atoms with Crippen molar-refractivity contribution in [2.45, 2.75) is 18.9 Å². The van der Waals surface area contributed by atoms with Gasteiger partial charge < -0.3 is 21.4 Å². The average molecular weight is 279 g/mol. The number of hydrogen-bond donors (Lipinski definition) is 3. The zero-order chi connectivity index (χ0) is 14.7. The first kappa shape index (κ1) is 14.4. The van der Waals surface area contributed by atoms with Gasteiger partial charge in [0.05, 0.1) is 12.2 Å². The van der Waals surface area contributed by atoms with Crippen LogP contribution in [-0.4, -0.2) is 47.0 Å². The highest BCUT2D eigenvalue weighted by atomic mass is 16.2. The van der Waals surface area contributed by atoms with Gasteiger partial charge in [-0.15, -0.1) is 0 Å². The number of nitrogens with two attached hydrogens (primary N) is 2. The lowest BCUT2D eigenvalue weighted by molar-refractivity contribution is -0.119. The lowest BCUT2D eigenvalue weighted by Crippen LogP contribution is -2.46. The van der Waals surface area contributed by atoms with Crippen molar-refractivity contribution in [3.63, 3.8) is 0 Å². The molecule has 0 saturated carbocycles. The molecule has 7 heteroatoms. The Hall–Kier alpha value is -2.02. The number of amides is 2. The third-order valence-corrected chi connectivity index (χ3v) is 3.56. The van der Waals surface area contributed by atoms with Gasteiger partial charge in [-0.25, -0.2) is 0 Å². The number of primary amides is 1.